The number of aryl methyl sites for hydroxylation is 1. The summed E-state index contributed by atoms with van der Waals surface area (Å²) < 4.78 is 148. The molecule has 0 aliphatic carbocycles. The molecular weight excluding hydrogens is 666 g/mol. The van der Waals surface area contributed by atoms with Crippen LogP contribution in [0.3, 0.4) is 0 Å². The van der Waals surface area contributed by atoms with Gasteiger partial charge in [0, 0.05) is 41.2 Å². The minimum absolute atomic E-state index is 0.0201. The van der Waals surface area contributed by atoms with Crippen molar-refractivity contribution in [3.8, 4) is 39.4 Å². The van der Waals surface area contributed by atoms with Crippen molar-refractivity contribution in [3.05, 3.63) is 131 Å². The number of nitrogens with zero attached hydrogens (tertiary/aromatic N) is 2. The summed E-state index contributed by atoms with van der Waals surface area (Å²) in [6.45, 7) is 2.05. The molecule has 0 N–H and O–H groups in total. The van der Waals surface area contributed by atoms with E-state index < -0.39 is 64.0 Å². The van der Waals surface area contributed by atoms with Gasteiger partial charge in [-0.3, -0.25) is 0 Å². The fraction of sp³-hybridized carbons (Fsp3) is 0.167. The highest BCUT2D eigenvalue weighted by Gasteiger charge is 2.41. The maximum atomic E-state index is 15.1. The van der Waals surface area contributed by atoms with Gasteiger partial charge in [0.15, 0.2) is 5.82 Å². The van der Waals surface area contributed by atoms with Crippen molar-refractivity contribution in [2.75, 3.05) is 0 Å². The molecule has 0 atom stereocenters. The van der Waals surface area contributed by atoms with Gasteiger partial charge >= 0.3 is 6.11 Å². The van der Waals surface area contributed by atoms with E-state index in [2.05, 4.69) is 14.7 Å². The maximum Gasteiger partial charge on any atom is 0.432 e. The summed E-state index contributed by atoms with van der Waals surface area (Å²) in [4.78, 5) is 8.15. The highest BCUT2D eigenvalue weighted by Crippen LogP contribution is 2.38. The Bertz CT molecular complexity index is 1980. The summed E-state index contributed by atoms with van der Waals surface area (Å²) in [6.07, 6.45) is -0.378. The molecule has 0 amide bonds. The van der Waals surface area contributed by atoms with Gasteiger partial charge in [-0.25, -0.2) is 36.3 Å². The topological polar surface area (TPSA) is 35.0 Å². The van der Waals surface area contributed by atoms with Gasteiger partial charge in [0.05, 0.1) is 5.56 Å². The average Bonchev–Trinajstić information content (AvgIpc) is 3.02. The molecule has 1 aromatic heterocycles. The van der Waals surface area contributed by atoms with E-state index in [1.807, 2.05) is 6.92 Å². The Balaban J connectivity index is 1.35. The van der Waals surface area contributed by atoms with E-state index in [9.17, 15) is 26.3 Å². The molecule has 49 heavy (non-hydrogen) atoms. The Morgan fingerprint density at radius 1 is 0.673 bits per heavy atom. The second-order valence-corrected chi connectivity index (χ2v) is 10.9. The summed E-state index contributed by atoms with van der Waals surface area (Å²) >= 11 is 0. The standard InChI is InChI=1S/C36H24F10N2O/c1-2-3-4-5-19-17-47-35(48-18-19)22-13-31(41)34(32(42)14-22)36(45,46)49-23-7-9-24(30(40)15-23)20-6-8-25(27(37)10-20)21-11-28(38)26(16-33(43)44)29(39)12-21/h6-18H,2-5H2,1H3. The highest BCUT2D eigenvalue weighted by atomic mass is 19.3. The first-order valence-corrected chi connectivity index (χ1v) is 14.8. The molecular formula is C36H24F10N2O. The van der Waals surface area contributed by atoms with Crippen LogP contribution in [0.25, 0.3) is 39.7 Å². The fourth-order valence-corrected chi connectivity index (χ4v) is 5.09. The molecule has 13 heteroatoms. The second-order valence-electron chi connectivity index (χ2n) is 10.9. The third kappa shape index (κ3) is 7.93. The molecule has 0 spiro atoms. The number of ether oxygens (including phenoxy) is 1. The fourth-order valence-electron chi connectivity index (χ4n) is 5.09. The van der Waals surface area contributed by atoms with Gasteiger partial charge in [0.2, 0.25) is 0 Å². The molecule has 4 aromatic carbocycles. The van der Waals surface area contributed by atoms with Crippen molar-refractivity contribution >= 4 is 6.08 Å². The van der Waals surface area contributed by atoms with Gasteiger partial charge in [-0.1, -0.05) is 31.9 Å². The van der Waals surface area contributed by atoms with Crippen molar-refractivity contribution in [2.45, 2.75) is 38.7 Å². The largest absolute Gasteiger partial charge is 0.432 e. The zero-order valence-electron chi connectivity index (χ0n) is 25.4. The monoisotopic (exact) mass is 690 g/mol. The second kappa shape index (κ2) is 14.5. The van der Waals surface area contributed by atoms with Crippen LogP contribution in [-0.2, 0) is 12.5 Å². The van der Waals surface area contributed by atoms with E-state index in [4.69, 9.17) is 0 Å². The lowest BCUT2D eigenvalue weighted by Gasteiger charge is -2.20. The molecule has 5 aromatic rings. The van der Waals surface area contributed by atoms with Crippen molar-refractivity contribution < 1.29 is 48.6 Å². The Morgan fingerprint density at radius 3 is 1.80 bits per heavy atom. The Kier molecular flexibility index (Phi) is 10.4. The minimum atomic E-state index is -4.61. The molecule has 0 unspecified atom stereocenters. The number of alkyl halides is 2. The molecule has 0 saturated heterocycles. The van der Waals surface area contributed by atoms with Crippen LogP contribution in [0.4, 0.5) is 43.9 Å². The Labute approximate surface area is 273 Å². The van der Waals surface area contributed by atoms with E-state index in [1.54, 1.807) is 0 Å². The number of hydrogen-bond acceptors (Lipinski definition) is 3. The molecule has 1 heterocycles. The van der Waals surface area contributed by atoms with Gasteiger partial charge < -0.3 is 4.74 Å². The summed E-state index contributed by atoms with van der Waals surface area (Å²) in [5, 5.41) is 0. The number of unbranched alkanes of at least 4 members (excludes halogenated alkanes) is 2. The molecule has 0 aliphatic heterocycles. The molecule has 0 aliphatic rings. The van der Waals surface area contributed by atoms with Gasteiger partial charge in [0.25, 0.3) is 6.08 Å². The van der Waals surface area contributed by atoms with Crippen LogP contribution in [0.1, 0.15) is 42.9 Å². The predicted octanol–water partition coefficient (Wildman–Crippen LogP) is 11.4. The van der Waals surface area contributed by atoms with E-state index >= 15 is 17.6 Å². The van der Waals surface area contributed by atoms with Crippen molar-refractivity contribution in [2.24, 2.45) is 0 Å². The number of benzene rings is 4. The molecule has 0 bridgehead atoms. The van der Waals surface area contributed by atoms with Crippen LogP contribution < -0.4 is 4.74 Å². The Hall–Kier alpha value is -5.20. The van der Waals surface area contributed by atoms with Crippen molar-refractivity contribution in [1.82, 2.24) is 9.97 Å². The van der Waals surface area contributed by atoms with Crippen LogP contribution in [0.2, 0.25) is 0 Å². The molecule has 3 nitrogen and oxygen atoms in total. The molecule has 254 valence electrons. The van der Waals surface area contributed by atoms with Gasteiger partial charge in [-0.2, -0.15) is 17.6 Å². The smallest absolute Gasteiger partial charge is 0.429 e. The van der Waals surface area contributed by atoms with Crippen molar-refractivity contribution in [1.29, 1.82) is 0 Å². The van der Waals surface area contributed by atoms with Gasteiger partial charge in [-0.15, -0.1) is 0 Å². The predicted molar refractivity (Wildman–Crippen MR) is 162 cm³/mol. The lowest BCUT2D eigenvalue weighted by atomic mass is 9.98. The van der Waals surface area contributed by atoms with Crippen LogP contribution in [0, 0.1) is 34.9 Å². The maximum absolute atomic E-state index is 15.1. The lowest BCUT2D eigenvalue weighted by Crippen LogP contribution is -2.25. The van der Waals surface area contributed by atoms with Gasteiger partial charge in [0.1, 0.15) is 46.2 Å². The quantitative estimate of drug-likeness (QED) is 0.102. The van der Waals surface area contributed by atoms with Crippen molar-refractivity contribution in [3.63, 3.8) is 0 Å². The lowest BCUT2D eigenvalue weighted by molar-refractivity contribution is -0.189. The van der Waals surface area contributed by atoms with E-state index in [-0.39, 0.29) is 39.7 Å². The number of halogens is 10. The first-order valence-electron chi connectivity index (χ1n) is 14.8. The highest BCUT2D eigenvalue weighted by molar-refractivity contribution is 5.73. The summed E-state index contributed by atoms with van der Waals surface area (Å²) in [6, 6.07) is 7.84. The SMILES string of the molecule is CCCCCc1cnc(-c2cc(F)c(C(F)(F)Oc3ccc(-c4ccc(-c5cc(F)c(C=C(F)F)c(F)c5)c(F)c4)c(F)c3)c(F)c2)nc1. The molecule has 5 rings (SSSR count). The van der Waals surface area contributed by atoms with E-state index in [0.29, 0.717) is 36.8 Å². The molecule has 0 saturated carbocycles. The van der Waals surface area contributed by atoms with Gasteiger partial charge in [-0.05, 0) is 72.0 Å². The first-order chi connectivity index (χ1) is 23.3. The Morgan fingerprint density at radius 2 is 1.22 bits per heavy atom. The third-order valence-corrected chi connectivity index (χ3v) is 7.48. The summed E-state index contributed by atoms with van der Waals surface area (Å²) in [5.41, 5.74) is -3.26. The molecule has 0 radical (unpaired) electrons. The van der Waals surface area contributed by atoms with Crippen LogP contribution in [-0.4, -0.2) is 9.97 Å². The van der Waals surface area contributed by atoms with E-state index in [1.165, 1.54) is 12.4 Å². The van der Waals surface area contributed by atoms with E-state index in [0.717, 1.165) is 55.2 Å². The van der Waals surface area contributed by atoms with Crippen LogP contribution in [0.15, 0.2) is 79.1 Å². The minimum Gasteiger partial charge on any atom is -0.429 e. The third-order valence-electron chi connectivity index (χ3n) is 7.48. The average molecular weight is 691 g/mol. The zero-order chi connectivity index (χ0) is 35.5. The number of aromatic nitrogens is 2. The first kappa shape index (κ1) is 35.1. The van der Waals surface area contributed by atoms with Crippen LogP contribution in [0.5, 0.6) is 5.75 Å². The van der Waals surface area contributed by atoms with Crippen LogP contribution >= 0.6 is 0 Å². The summed E-state index contributed by atoms with van der Waals surface area (Å²) in [7, 11) is 0. The number of hydrogen-bond donors (Lipinski definition) is 0. The normalized spacial score (nSPS) is 11.5. The summed E-state index contributed by atoms with van der Waals surface area (Å²) in [5.74, 6) is -9.26. The molecule has 0 fully saturated rings. The zero-order valence-corrected chi connectivity index (χ0v) is 25.4. The number of rotatable bonds is 11.